The summed E-state index contributed by atoms with van der Waals surface area (Å²) in [6.45, 7) is 4.64. The fourth-order valence-electron chi connectivity index (χ4n) is 2.39. The maximum absolute atomic E-state index is 12.0. The Morgan fingerprint density at radius 2 is 2.15 bits per heavy atom. The molecule has 0 aromatic carbocycles. The van der Waals surface area contributed by atoms with Gasteiger partial charge in [-0.1, -0.05) is 18.3 Å². The van der Waals surface area contributed by atoms with Crippen molar-refractivity contribution in [3.63, 3.8) is 0 Å². The molecule has 0 atom stereocenters. The van der Waals surface area contributed by atoms with Gasteiger partial charge in [-0.3, -0.25) is 4.90 Å². The molecule has 1 aromatic rings. The van der Waals surface area contributed by atoms with Gasteiger partial charge in [0, 0.05) is 18.5 Å². The summed E-state index contributed by atoms with van der Waals surface area (Å²) >= 11 is 1.10. The fraction of sp³-hybridized carbons (Fsp3) is 0.667. The Kier molecular flexibility index (Phi) is 3.06. The van der Waals surface area contributed by atoms with Crippen molar-refractivity contribution in [2.75, 3.05) is 23.7 Å². The standard InChI is InChI=1S/C12H17N3O3S2/c1-3-20(17,18)9-8(2)14-11(19-9)15-7-12(4-5-12)6-13-10(15)16/h3-7H2,1-2H3,(H,13,16). The number of aryl methyl sites for hydroxylation is 1. The molecule has 8 heteroatoms. The van der Waals surface area contributed by atoms with Crippen molar-refractivity contribution in [1.29, 1.82) is 0 Å². The Hall–Kier alpha value is -1.15. The quantitative estimate of drug-likeness (QED) is 0.918. The number of carbonyl (C=O) groups is 1. The molecule has 3 rings (SSSR count). The number of rotatable bonds is 3. The van der Waals surface area contributed by atoms with Gasteiger partial charge in [0.1, 0.15) is 4.21 Å². The number of hydrogen-bond donors (Lipinski definition) is 1. The Balaban J connectivity index is 1.94. The van der Waals surface area contributed by atoms with Crippen LogP contribution in [0.25, 0.3) is 0 Å². The van der Waals surface area contributed by atoms with Crippen molar-refractivity contribution in [1.82, 2.24) is 10.3 Å². The highest BCUT2D eigenvalue weighted by atomic mass is 32.2. The molecule has 1 spiro atoms. The second-order valence-electron chi connectivity index (χ2n) is 5.52. The van der Waals surface area contributed by atoms with Gasteiger partial charge in [0.15, 0.2) is 15.0 Å². The van der Waals surface area contributed by atoms with Crippen molar-refractivity contribution in [2.24, 2.45) is 5.41 Å². The third kappa shape index (κ3) is 2.20. The lowest BCUT2D eigenvalue weighted by atomic mass is 10.1. The van der Waals surface area contributed by atoms with E-state index in [1.807, 2.05) is 0 Å². The number of sulfone groups is 1. The Labute approximate surface area is 122 Å². The molecule has 2 aliphatic rings. The third-order valence-corrected chi connectivity index (χ3v) is 7.55. The van der Waals surface area contributed by atoms with Gasteiger partial charge in [-0.2, -0.15) is 0 Å². The van der Waals surface area contributed by atoms with E-state index in [1.165, 1.54) is 0 Å². The Morgan fingerprint density at radius 1 is 1.45 bits per heavy atom. The van der Waals surface area contributed by atoms with E-state index in [0.29, 0.717) is 23.9 Å². The van der Waals surface area contributed by atoms with Crippen molar-refractivity contribution in [3.8, 4) is 0 Å². The summed E-state index contributed by atoms with van der Waals surface area (Å²) in [5.41, 5.74) is 0.659. The molecule has 6 nitrogen and oxygen atoms in total. The molecule has 2 amide bonds. The van der Waals surface area contributed by atoms with Crippen LogP contribution in [0.1, 0.15) is 25.5 Å². The van der Waals surface area contributed by atoms with Crippen LogP contribution in [0.3, 0.4) is 0 Å². The molecule has 1 saturated carbocycles. The monoisotopic (exact) mass is 315 g/mol. The summed E-state index contributed by atoms with van der Waals surface area (Å²) in [4.78, 5) is 17.9. The maximum Gasteiger partial charge on any atom is 0.323 e. The van der Waals surface area contributed by atoms with E-state index in [9.17, 15) is 13.2 Å². The zero-order chi connectivity index (χ0) is 14.5. The third-order valence-electron chi connectivity index (χ3n) is 3.95. The molecule has 0 radical (unpaired) electrons. The van der Waals surface area contributed by atoms with E-state index in [4.69, 9.17) is 0 Å². The van der Waals surface area contributed by atoms with Crippen LogP contribution in [0, 0.1) is 12.3 Å². The van der Waals surface area contributed by atoms with Crippen LogP contribution in [0.15, 0.2) is 4.21 Å². The van der Waals surface area contributed by atoms with Crippen LogP contribution < -0.4 is 10.2 Å². The van der Waals surface area contributed by atoms with Gasteiger partial charge >= 0.3 is 6.03 Å². The lowest BCUT2D eigenvalue weighted by molar-refractivity contribution is 0.235. The van der Waals surface area contributed by atoms with Gasteiger partial charge in [0.25, 0.3) is 0 Å². The van der Waals surface area contributed by atoms with Gasteiger partial charge < -0.3 is 5.32 Å². The maximum atomic E-state index is 12.0. The molecular formula is C12H17N3O3S2. The minimum absolute atomic E-state index is 0.0472. The first-order valence-electron chi connectivity index (χ1n) is 6.62. The number of aromatic nitrogens is 1. The van der Waals surface area contributed by atoms with E-state index in [1.54, 1.807) is 18.7 Å². The lowest BCUT2D eigenvalue weighted by Crippen LogP contribution is -2.52. The number of hydrogen-bond acceptors (Lipinski definition) is 5. The lowest BCUT2D eigenvalue weighted by Gasteiger charge is -2.31. The number of urea groups is 1. The average Bonchev–Trinajstić information content (AvgIpc) is 3.05. The summed E-state index contributed by atoms with van der Waals surface area (Å²) in [5.74, 6) is 0.0472. The molecule has 110 valence electrons. The average molecular weight is 315 g/mol. The van der Waals surface area contributed by atoms with Crippen LogP contribution in [0.2, 0.25) is 0 Å². The minimum atomic E-state index is -3.28. The molecule has 1 aliphatic carbocycles. The van der Waals surface area contributed by atoms with Gasteiger partial charge in [-0.15, -0.1) is 0 Å². The number of amides is 2. The highest BCUT2D eigenvalue weighted by Crippen LogP contribution is 2.48. The molecule has 1 aliphatic heterocycles. The van der Waals surface area contributed by atoms with E-state index < -0.39 is 9.84 Å². The Morgan fingerprint density at radius 3 is 2.75 bits per heavy atom. The second-order valence-corrected chi connectivity index (χ2v) is 8.97. The molecule has 2 fully saturated rings. The van der Waals surface area contributed by atoms with E-state index in [0.717, 1.165) is 24.2 Å². The van der Waals surface area contributed by atoms with Crippen LogP contribution in [-0.4, -0.2) is 38.3 Å². The van der Waals surface area contributed by atoms with Gasteiger partial charge in [-0.25, -0.2) is 18.2 Å². The van der Waals surface area contributed by atoms with Gasteiger partial charge in [-0.05, 0) is 19.8 Å². The molecule has 2 heterocycles. The normalized spacial score (nSPS) is 21.1. The SMILES string of the molecule is CCS(=O)(=O)c1sc(N2CC3(CC3)CNC2=O)nc1C. The molecule has 1 saturated heterocycles. The van der Waals surface area contributed by atoms with Crippen LogP contribution in [0.5, 0.6) is 0 Å². The second kappa shape index (κ2) is 4.42. The van der Waals surface area contributed by atoms with E-state index in [2.05, 4.69) is 10.3 Å². The largest absolute Gasteiger partial charge is 0.337 e. The van der Waals surface area contributed by atoms with Crippen molar-refractivity contribution >= 4 is 32.3 Å². The zero-order valence-corrected chi connectivity index (χ0v) is 13.1. The number of carbonyl (C=O) groups excluding carboxylic acids is 1. The molecule has 1 aromatic heterocycles. The molecule has 0 bridgehead atoms. The van der Waals surface area contributed by atoms with Crippen molar-refractivity contribution < 1.29 is 13.2 Å². The first-order valence-corrected chi connectivity index (χ1v) is 9.09. The first kappa shape index (κ1) is 13.8. The summed E-state index contributed by atoms with van der Waals surface area (Å²) in [5, 5.41) is 3.35. The van der Waals surface area contributed by atoms with Crippen molar-refractivity contribution in [2.45, 2.75) is 30.9 Å². The number of nitrogens with zero attached hydrogens (tertiary/aromatic N) is 2. The van der Waals surface area contributed by atoms with Crippen LogP contribution >= 0.6 is 11.3 Å². The Bertz CT molecular complexity index is 661. The van der Waals surface area contributed by atoms with Gasteiger partial charge in [0.2, 0.25) is 0 Å². The van der Waals surface area contributed by atoms with Crippen molar-refractivity contribution in [3.05, 3.63) is 5.69 Å². The van der Waals surface area contributed by atoms with Crippen LogP contribution in [0.4, 0.5) is 9.93 Å². The molecular weight excluding hydrogens is 298 g/mol. The zero-order valence-electron chi connectivity index (χ0n) is 11.5. The summed E-state index contributed by atoms with van der Waals surface area (Å²) in [7, 11) is -3.28. The number of anilines is 1. The van der Waals surface area contributed by atoms with Gasteiger partial charge in [0.05, 0.1) is 11.4 Å². The first-order chi connectivity index (χ1) is 9.37. The highest BCUT2D eigenvalue weighted by Gasteiger charge is 2.48. The predicted molar refractivity (Wildman–Crippen MR) is 77.0 cm³/mol. The van der Waals surface area contributed by atoms with Crippen LogP contribution in [-0.2, 0) is 9.84 Å². The minimum Gasteiger partial charge on any atom is -0.337 e. The molecule has 20 heavy (non-hydrogen) atoms. The highest BCUT2D eigenvalue weighted by molar-refractivity contribution is 7.93. The van der Waals surface area contributed by atoms with E-state index >= 15 is 0 Å². The topological polar surface area (TPSA) is 79.4 Å². The van der Waals surface area contributed by atoms with E-state index in [-0.39, 0.29) is 21.4 Å². The smallest absolute Gasteiger partial charge is 0.323 e. The molecule has 1 N–H and O–H groups in total. The predicted octanol–water partition coefficient (Wildman–Crippen LogP) is 1.55. The summed E-state index contributed by atoms with van der Waals surface area (Å²) < 4.78 is 24.3. The number of thiazole rings is 1. The summed E-state index contributed by atoms with van der Waals surface area (Å²) in [6, 6.07) is -0.184. The summed E-state index contributed by atoms with van der Waals surface area (Å²) in [6.07, 6.45) is 2.21. The number of nitrogens with one attached hydrogen (secondary N) is 1. The molecule has 0 unspecified atom stereocenters. The fourth-order valence-corrected chi connectivity index (χ4v) is 5.03.